The molecule has 0 radical (unpaired) electrons. The second kappa shape index (κ2) is 5.84. The Morgan fingerprint density at radius 3 is 2.39 bits per heavy atom. The number of carboxylic acids is 1. The number of hydrogen-bond acceptors (Lipinski definition) is 2. The molecular formula is C20H19NO2. The molecule has 2 aromatic carbocycles. The highest BCUT2D eigenvalue weighted by atomic mass is 16.4. The molecule has 116 valence electrons. The van der Waals surface area contributed by atoms with Crippen molar-refractivity contribution >= 4 is 16.9 Å². The van der Waals surface area contributed by atoms with E-state index in [1.807, 2.05) is 38.1 Å². The lowest BCUT2D eigenvalue weighted by molar-refractivity contribution is 0.0699. The van der Waals surface area contributed by atoms with Gasteiger partial charge in [0.1, 0.15) is 0 Å². The number of aromatic carboxylic acids is 1. The van der Waals surface area contributed by atoms with Gasteiger partial charge in [-0.25, -0.2) is 9.78 Å². The maximum absolute atomic E-state index is 11.7. The van der Waals surface area contributed by atoms with Crippen molar-refractivity contribution in [3.63, 3.8) is 0 Å². The van der Waals surface area contributed by atoms with Crippen LogP contribution in [-0.4, -0.2) is 16.1 Å². The van der Waals surface area contributed by atoms with Crippen molar-refractivity contribution in [2.45, 2.75) is 27.2 Å². The Bertz CT molecular complexity index is 896. The first kappa shape index (κ1) is 15.2. The topological polar surface area (TPSA) is 50.2 Å². The second-order valence-electron chi connectivity index (χ2n) is 5.81. The molecule has 3 aromatic rings. The summed E-state index contributed by atoms with van der Waals surface area (Å²) < 4.78 is 0. The van der Waals surface area contributed by atoms with Gasteiger partial charge in [0.2, 0.25) is 0 Å². The molecule has 0 bridgehead atoms. The lowest BCUT2D eigenvalue weighted by atomic mass is 9.99. The van der Waals surface area contributed by atoms with Crippen molar-refractivity contribution in [1.29, 1.82) is 0 Å². The third kappa shape index (κ3) is 2.70. The molecule has 0 atom stereocenters. The summed E-state index contributed by atoms with van der Waals surface area (Å²) >= 11 is 0. The molecule has 0 fully saturated rings. The van der Waals surface area contributed by atoms with Crippen LogP contribution >= 0.6 is 0 Å². The van der Waals surface area contributed by atoms with Gasteiger partial charge in [-0.1, -0.05) is 43.3 Å². The monoisotopic (exact) mass is 305 g/mol. The van der Waals surface area contributed by atoms with Crippen LogP contribution in [0.5, 0.6) is 0 Å². The summed E-state index contributed by atoms with van der Waals surface area (Å²) in [5.41, 5.74) is 6.09. The average Bonchev–Trinajstić information content (AvgIpc) is 2.57. The summed E-state index contributed by atoms with van der Waals surface area (Å²) in [7, 11) is 0. The van der Waals surface area contributed by atoms with Crippen LogP contribution in [0.3, 0.4) is 0 Å². The van der Waals surface area contributed by atoms with Gasteiger partial charge in [0.15, 0.2) is 0 Å². The molecule has 0 aliphatic carbocycles. The molecule has 0 aliphatic rings. The second-order valence-corrected chi connectivity index (χ2v) is 5.81. The van der Waals surface area contributed by atoms with E-state index in [9.17, 15) is 9.90 Å². The van der Waals surface area contributed by atoms with Crippen molar-refractivity contribution in [3.05, 3.63) is 64.7 Å². The minimum absolute atomic E-state index is 0.299. The molecule has 3 rings (SSSR count). The molecule has 0 unspecified atom stereocenters. The Balaban J connectivity index is 2.28. The fourth-order valence-corrected chi connectivity index (χ4v) is 2.77. The van der Waals surface area contributed by atoms with Crippen LogP contribution < -0.4 is 0 Å². The molecular weight excluding hydrogens is 286 g/mol. The SMILES string of the molecule is CCc1ccc(-c2cc(C(=O)O)c3ccc(C)c(C)c3n2)cc1. The lowest BCUT2D eigenvalue weighted by Crippen LogP contribution is -2.02. The zero-order valence-electron chi connectivity index (χ0n) is 13.6. The van der Waals surface area contributed by atoms with Gasteiger partial charge in [-0.3, -0.25) is 0 Å². The maximum atomic E-state index is 11.7. The summed E-state index contributed by atoms with van der Waals surface area (Å²) in [6.45, 7) is 6.11. The lowest BCUT2D eigenvalue weighted by Gasteiger charge is -2.11. The number of aryl methyl sites for hydroxylation is 3. The largest absolute Gasteiger partial charge is 0.478 e. The van der Waals surface area contributed by atoms with Gasteiger partial charge in [-0.2, -0.15) is 0 Å². The summed E-state index contributed by atoms with van der Waals surface area (Å²) in [5, 5.41) is 10.3. The molecule has 0 saturated carbocycles. The molecule has 0 spiro atoms. The minimum Gasteiger partial charge on any atom is -0.478 e. The Labute approximate surface area is 135 Å². The van der Waals surface area contributed by atoms with Gasteiger partial charge in [-0.15, -0.1) is 0 Å². The smallest absolute Gasteiger partial charge is 0.336 e. The summed E-state index contributed by atoms with van der Waals surface area (Å²) in [6.07, 6.45) is 0.976. The minimum atomic E-state index is -0.924. The first-order valence-electron chi connectivity index (χ1n) is 7.75. The summed E-state index contributed by atoms with van der Waals surface area (Å²) in [6, 6.07) is 13.6. The zero-order valence-corrected chi connectivity index (χ0v) is 13.6. The molecule has 3 heteroatoms. The van der Waals surface area contributed by atoms with E-state index in [1.54, 1.807) is 6.07 Å². The third-order valence-corrected chi connectivity index (χ3v) is 4.39. The van der Waals surface area contributed by atoms with Gasteiger partial charge in [0, 0.05) is 10.9 Å². The standard InChI is InChI=1S/C20H19NO2/c1-4-14-6-8-15(9-7-14)18-11-17(20(22)23)16-10-5-12(2)13(3)19(16)21-18/h5-11H,4H2,1-3H3,(H,22,23). The fourth-order valence-electron chi connectivity index (χ4n) is 2.77. The van der Waals surface area contributed by atoms with E-state index in [-0.39, 0.29) is 0 Å². The summed E-state index contributed by atoms with van der Waals surface area (Å²) in [5.74, 6) is -0.924. The van der Waals surface area contributed by atoms with E-state index in [2.05, 4.69) is 19.1 Å². The van der Waals surface area contributed by atoms with E-state index in [0.717, 1.165) is 28.6 Å². The Hall–Kier alpha value is -2.68. The van der Waals surface area contributed by atoms with Crippen molar-refractivity contribution < 1.29 is 9.90 Å². The third-order valence-electron chi connectivity index (χ3n) is 4.39. The first-order valence-corrected chi connectivity index (χ1v) is 7.75. The van der Waals surface area contributed by atoms with Crippen LogP contribution in [0, 0.1) is 13.8 Å². The normalized spacial score (nSPS) is 10.9. The highest BCUT2D eigenvalue weighted by Crippen LogP contribution is 2.28. The Morgan fingerprint density at radius 2 is 1.78 bits per heavy atom. The van der Waals surface area contributed by atoms with Crippen molar-refractivity contribution in [1.82, 2.24) is 4.98 Å². The first-order chi connectivity index (χ1) is 11.0. The number of rotatable bonds is 3. The van der Waals surface area contributed by atoms with E-state index < -0.39 is 5.97 Å². The molecule has 23 heavy (non-hydrogen) atoms. The molecule has 0 saturated heterocycles. The van der Waals surface area contributed by atoms with Crippen molar-refractivity contribution in [2.75, 3.05) is 0 Å². The maximum Gasteiger partial charge on any atom is 0.336 e. The summed E-state index contributed by atoms with van der Waals surface area (Å²) in [4.78, 5) is 16.4. The fraction of sp³-hybridized carbons (Fsp3) is 0.200. The van der Waals surface area contributed by atoms with E-state index in [0.29, 0.717) is 16.6 Å². The molecule has 1 N–H and O–H groups in total. The van der Waals surface area contributed by atoms with Gasteiger partial charge in [0.05, 0.1) is 16.8 Å². The van der Waals surface area contributed by atoms with Gasteiger partial charge >= 0.3 is 5.97 Å². The quantitative estimate of drug-likeness (QED) is 0.757. The number of aromatic nitrogens is 1. The van der Waals surface area contributed by atoms with Gasteiger partial charge in [0.25, 0.3) is 0 Å². The van der Waals surface area contributed by atoms with E-state index in [1.165, 1.54) is 5.56 Å². The molecule has 0 amide bonds. The predicted molar refractivity (Wildman–Crippen MR) is 93.0 cm³/mol. The number of benzene rings is 2. The van der Waals surface area contributed by atoms with Gasteiger partial charge in [-0.05, 0) is 43.0 Å². The number of carboxylic acid groups (broad SMARTS) is 1. The van der Waals surface area contributed by atoms with Crippen LogP contribution in [0.4, 0.5) is 0 Å². The van der Waals surface area contributed by atoms with Crippen LogP contribution in [-0.2, 0) is 6.42 Å². The number of fused-ring (bicyclic) bond motifs is 1. The van der Waals surface area contributed by atoms with Gasteiger partial charge < -0.3 is 5.11 Å². The van der Waals surface area contributed by atoms with Crippen molar-refractivity contribution in [3.8, 4) is 11.3 Å². The Kier molecular flexibility index (Phi) is 3.87. The number of pyridine rings is 1. The Morgan fingerprint density at radius 1 is 1.09 bits per heavy atom. The highest BCUT2D eigenvalue weighted by molar-refractivity contribution is 6.04. The number of hydrogen-bond donors (Lipinski definition) is 1. The van der Waals surface area contributed by atoms with E-state index >= 15 is 0 Å². The van der Waals surface area contributed by atoms with Crippen LogP contribution in [0.2, 0.25) is 0 Å². The molecule has 1 aromatic heterocycles. The average molecular weight is 305 g/mol. The highest BCUT2D eigenvalue weighted by Gasteiger charge is 2.15. The van der Waals surface area contributed by atoms with Crippen molar-refractivity contribution in [2.24, 2.45) is 0 Å². The number of carbonyl (C=O) groups is 1. The zero-order chi connectivity index (χ0) is 16.6. The molecule has 0 aliphatic heterocycles. The van der Waals surface area contributed by atoms with Crippen LogP contribution in [0.1, 0.15) is 34.0 Å². The molecule has 1 heterocycles. The van der Waals surface area contributed by atoms with E-state index in [4.69, 9.17) is 4.98 Å². The predicted octanol–water partition coefficient (Wildman–Crippen LogP) is 4.78. The van der Waals surface area contributed by atoms with Crippen LogP contribution in [0.15, 0.2) is 42.5 Å². The van der Waals surface area contributed by atoms with Crippen LogP contribution in [0.25, 0.3) is 22.2 Å². The molecule has 3 nitrogen and oxygen atoms in total. The number of nitrogens with zero attached hydrogens (tertiary/aromatic N) is 1.